The molecule has 0 aliphatic rings. The fourth-order valence-corrected chi connectivity index (χ4v) is 3.31. The molecule has 0 unspecified atom stereocenters. The topological polar surface area (TPSA) is 84.9 Å². The zero-order chi connectivity index (χ0) is 21.4. The monoisotopic (exact) mass is 424 g/mol. The van der Waals surface area contributed by atoms with Crippen LogP contribution >= 0.6 is 0 Å². The van der Waals surface area contributed by atoms with Crippen LogP contribution in [0.25, 0.3) is 0 Å². The van der Waals surface area contributed by atoms with Crippen LogP contribution in [0, 0.1) is 5.82 Å². The molecule has 0 saturated heterocycles. The number of nitrogens with zero attached hydrogens (tertiary/aromatic N) is 1. The molecule has 2 aromatic rings. The Balaban J connectivity index is 1.94. The van der Waals surface area contributed by atoms with Gasteiger partial charge < -0.3 is 14.8 Å². The van der Waals surface area contributed by atoms with Gasteiger partial charge in [0.05, 0.1) is 26.0 Å². The van der Waals surface area contributed by atoms with Gasteiger partial charge in [0.25, 0.3) is 0 Å². The Kier molecular flexibility index (Phi) is 7.98. The lowest BCUT2D eigenvalue weighted by atomic mass is 10.2. The lowest BCUT2D eigenvalue weighted by Crippen LogP contribution is -2.44. The number of carbonyl (C=O) groups excluding carboxylic acids is 1. The standard InChI is InChI=1S/C20H25FN2O5S/c1-15(14-28-19-11-7-6-10-18(19)27-2)22-20(24)13-23(29(3,25)26)12-16-8-4-5-9-17(16)21/h4-11,15H,12-14H2,1-3H3,(H,22,24)/t15-/m0/s1. The van der Waals surface area contributed by atoms with Crippen molar-refractivity contribution >= 4 is 15.9 Å². The Bertz CT molecular complexity index is 936. The summed E-state index contributed by atoms with van der Waals surface area (Å²) in [6, 6.07) is 12.6. The Morgan fingerprint density at radius 3 is 2.38 bits per heavy atom. The van der Waals surface area contributed by atoms with E-state index < -0.39 is 28.3 Å². The van der Waals surface area contributed by atoms with E-state index in [0.717, 1.165) is 10.6 Å². The molecule has 1 N–H and O–H groups in total. The maximum Gasteiger partial charge on any atom is 0.235 e. The number of methoxy groups -OCH3 is 1. The summed E-state index contributed by atoms with van der Waals surface area (Å²) >= 11 is 0. The minimum Gasteiger partial charge on any atom is -0.493 e. The van der Waals surface area contributed by atoms with E-state index in [1.54, 1.807) is 31.2 Å². The first-order chi connectivity index (χ1) is 13.7. The number of sulfonamides is 1. The van der Waals surface area contributed by atoms with Crippen LogP contribution in [0.5, 0.6) is 11.5 Å². The molecule has 0 spiro atoms. The van der Waals surface area contributed by atoms with Crippen LogP contribution in [0.15, 0.2) is 48.5 Å². The van der Waals surface area contributed by atoms with Gasteiger partial charge in [-0.1, -0.05) is 30.3 Å². The van der Waals surface area contributed by atoms with Crippen molar-refractivity contribution in [1.29, 1.82) is 0 Å². The summed E-state index contributed by atoms with van der Waals surface area (Å²) in [4.78, 5) is 12.3. The van der Waals surface area contributed by atoms with E-state index in [9.17, 15) is 17.6 Å². The highest BCUT2D eigenvalue weighted by Gasteiger charge is 2.22. The van der Waals surface area contributed by atoms with Gasteiger partial charge in [-0.25, -0.2) is 12.8 Å². The van der Waals surface area contributed by atoms with Gasteiger partial charge >= 0.3 is 0 Å². The third kappa shape index (κ3) is 7.03. The maximum atomic E-state index is 13.9. The van der Waals surface area contributed by atoms with Crippen LogP contribution in [0.2, 0.25) is 0 Å². The molecule has 7 nitrogen and oxygen atoms in total. The first-order valence-corrected chi connectivity index (χ1v) is 10.8. The van der Waals surface area contributed by atoms with E-state index >= 15 is 0 Å². The van der Waals surface area contributed by atoms with E-state index in [4.69, 9.17) is 9.47 Å². The van der Waals surface area contributed by atoms with Gasteiger partial charge in [-0.15, -0.1) is 0 Å². The minimum absolute atomic E-state index is 0.165. The van der Waals surface area contributed by atoms with Crippen LogP contribution in [-0.4, -0.2) is 51.2 Å². The molecule has 29 heavy (non-hydrogen) atoms. The van der Waals surface area contributed by atoms with Gasteiger partial charge in [0, 0.05) is 12.1 Å². The van der Waals surface area contributed by atoms with Crippen molar-refractivity contribution in [2.75, 3.05) is 26.5 Å². The van der Waals surface area contributed by atoms with Gasteiger partial charge in [-0.05, 0) is 25.1 Å². The third-order valence-electron chi connectivity index (χ3n) is 4.06. The Morgan fingerprint density at radius 1 is 1.14 bits per heavy atom. The summed E-state index contributed by atoms with van der Waals surface area (Å²) in [5.74, 6) is 0.0654. The number of rotatable bonds is 10. The molecule has 1 amide bonds. The fraction of sp³-hybridized carbons (Fsp3) is 0.350. The van der Waals surface area contributed by atoms with E-state index in [0.29, 0.717) is 11.5 Å². The van der Waals surface area contributed by atoms with E-state index in [1.165, 1.54) is 25.3 Å². The van der Waals surface area contributed by atoms with E-state index in [2.05, 4.69) is 5.32 Å². The Hall–Kier alpha value is -2.65. The van der Waals surface area contributed by atoms with Crippen molar-refractivity contribution in [3.63, 3.8) is 0 Å². The molecule has 1 atom stereocenters. The van der Waals surface area contributed by atoms with Crippen molar-refractivity contribution < 1.29 is 27.1 Å². The molecule has 0 aliphatic heterocycles. The first kappa shape index (κ1) is 22.6. The predicted molar refractivity (Wildman–Crippen MR) is 108 cm³/mol. The normalized spacial score (nSPS) is 12.4. The number of para-hydroxylation sites is 2. The molecule has 0 aliphatic carbocycles. The summed E-state index contributed by atoms with van der Waals surface area (Å²) in [7, 11) is -2.19. The Labute approximate surface area is 170 Å². The number of nitrogens with one attached hydrogen (secondary N) is 1. The number of benzene rings is 2. The lowest BCUT2D eigenvalue weighted by Gasteiger charge is -2.22. The summed E-state index contributed by atoms with van der Waals surface area (Å²) < 4.78 is 49.7. The molecule has 0 bridgehead atoms. The van der Waals surface area contributed by atoms with Gasteiger partial charge in [0.1, 0.15) is 12.4 Å². The summed E-state index contributed by atoms with van der Waals surface area (Å²) in [5.41, 5.74) is 0.193. The molecule has 0 heterocycles. The van der Waals surface area contributed by atoms with Crippen molar-refractivity contribution in [2.45, 2.75) is 19.5 Å². The van der Waals surface area contributed by atoms with Crippen molar-refractivity contribution in [3.8, 4) is 11.5 Å². The zero-order valence-corrected chi connectivity index (χ0v) is 17.4. The fourth-order valence-electron chi connectivity index (χ4n) is 2.58. The number of carbonyl (C=O) groups is 1. The van der Waals surface area contributed by atoms with Crippen molar-refractivity contribution in [2.24, 2.45) is 0 Å². The molecule has 9 heteroatoms. The maximum absolute atomic E-state index is 13.9. The molecule has 2 aromatic carbocycles. The van der Waals surface area contributed by atoms with Crippen LogP contribution < -0.4 is 14.8 Å². The number of hydrogen-bond acceptors (Lipinski definition) is 5. The van der Waals surface area contributed by atoms with Gasteiger partial charge in [0.15, 0.2) is 11.5 Å². The average Bonchev–Trinajstić information content (AvgIpc) is 2.67. The smallest absolute Gasteiger partial charge is 0.235 e. The quantitative estimate of drug-likeness (QED) is 0.632. The van der Waals surface area contributed by atoms with Crippen LogP contribution in [0.3, 0.4) is 0 Å². The highest BCUT2D eigenvalue weighted by molar-refractivity contribution is 7.88. The van der Waals surface area contributed by atoms with Gasteiger partial charge in [-0.3, -0.25) is 4.79 Å². The average molecular weight is 424 g/mol. The summed E-state index contributed by atoms with van der Waals surface area (Å²) in [6.07, 6.45) is 0.981. The van der Waals surface area contributed by atoms with E-state index in [1.807, 2.05) is 6.07 Å². The number of hydrogen-bond donors (Lipinski definition) is 1. The highest BCUT2D eigenvalue weighted by atomic mass is 32.2. The molecule has 158 valence electrons. The van der Waals surface area contributed by atoms with Crippen molar-refractivity contribution in [1.82, 2.24) is 9.62 Å². The summed E-state index contributed by atoms with van der Waals surface area (Å²) in [5, 5.41) is 2.69. The van der Waals surface area contributed by atoms with E-state index in [-0.39, 0.29) is 24.8 Å². The van der Waals surface area contributed by atoms with Crippen LogP contribution in [0.1, 0.15) is 12.5 Å². The molecule has 0 radical (unpaired) electrons. The largest absolute Gasteiger partial charge is 0.493 e. The molecule has 0 fully saturated rings. The second-order valence-corrected chi connectivity index (χ2v) is 8.54. The third-order valence-corrected chi connectivity index (χ3v) is 5.26. The van der Waals surface area contributed by atoms with Crippen LogP contribution in [0.4, 0.5) is 4.39 Å². The van der Waals surface area contributed by atoms with Crippen LogP contribution in [-0.2, 0) is 21.4 Å². The predicted octanol–water partition coefficient (Wildman–Crippen LogP) is 2.18. The summed E-state index contributed by atoms with van der Waals surface area (Å²) in [6.45, 7) is 1.24. The first-order valence-electron chi connectivity index (χ1n) is 8.94. The SMILES string of the molecule is COc1ccccc1OC[C@H](C)NC(=O)CN(Cc1ccccc1F)S(C)(=O)=O. The second kappa shape index (κ2) is 10.2. The number of ether oxygens (including phenoxy) is 2. The van der Waals surface area contributed by atoms with Crippen molar-refractivity contribution in [3.05, 3.63) is 59.9 Å². The molecular formula is C20H25FN2O5S. The number of halogens is 1. The second-order valence-electron chi connectivity index (χ2n) is 6.55. The zero-order valence-electron chi connectivity index (χ0n) is 16.6. The highest BCUT2D eigenvalue weighted by Crippen LogP contribution is 2.25. The molecule has 2 rings (SSSR count). The number of amides is 1. The van der Waals surface area contributed by atoms with Gasteiger partial charge in [0.2, 0.25) is 15.9 Å². The Morgan fingerprint density at radius 2 is 1.76 bits per heavy atom. The minimum atomic E-state index is -3.72. The van der Waals surface area contributed by atoms with Gasteiger partial charge in [-0.2, -0.15) is 4.31 Å². The molecular weight excluding hydrogens is 399 g/mol. The lowest BCUT2D eigenvalue weighted by molar-refractivity contribution is -0.122. The molecule has 0 aromatic heterocycles. The molecule has 0 saturated carbocycles.